The van der Waals surface area contributed by atoms with Crippen LogP contribution in [0.25, 0.3) is 0 Å². The van der Waals surface area contributed by atoms with Gasteiger partial charge in [-0.25, -0.2) is 4.18 Å². The van der Waals surface area contributed by atoms with Gasteiger partial charge in [-0.05, 0) is 6.42 Å². The van der Waals surface area contributed by atoms with Crippen LogP contribution in [0.2, 0.25) is 0 Å². The van der Waals surface area contributed by atoms with Crippen molar-refractivity contribution < 1.29 is 30.5 Å². The van der Waals surface area contributed by atoms with Gasteiger partial charge in [0, 0.05) is 0 Å². The number of hydrogen-bond acceptors (Lipinski definition) is 4. The molecule has 0 aliphatic carbocycles. The van der Waals surface area contributed by atoms with E-state index in [2.05, 4.69) is 11.1 Å². The molecular formula is C12H30Na2O7S2. The molecule has 0 aromatic rings. The van der Waals surface area contributed by atoms with E-state index in [9.17, 15) is 8.42 Å². The third-order valence-corrected chi connectivity index (χ3v) is 3.19. The van der Waals surface area contributed by atoms with Crippen molar-refractivity contribution in [2.75, 3.05) is 6.61 Å². The molecule has 0 radical (unpaired) electrons. The van der Waals surface area contributed by atoms with Crippen molar-refractivity contribution in [3.8, 4) is 0 Å². The second-order valence-electron chi connectivity index (χ2n) is 4.66. The van der Waals surface area contributed by atoms with Crippen LogP contribution in [-0.4, -0.2) is 92.0 Å². The Morgan fingerprint density at radius 3 is 1.43 bits per heavy atom. The standard InChI is InChI=1S/C12H26O4S.2Na.H2O3S.2H/c1-2-3-4-5-6-7-8-9-10-11-12-16-17(13,14)15;;;1-4(2)3;;/h2-12H2,1H3,(H,13,14,15);;;(H2,1,2,3);;. The number of unbranched alkanes of at least 4 members (excludes halogenated alkanes) is 9. The summed E-state index contributed by atoms with van der Waals surface area (Å²) >= 11 is -2.61. The molecule has 0 saturated carbocycles. The second kappa shape index (κ2) is 23.9. The normalized spacial score (nSPS) is 10.3. The van der Waals surface area contributed by atoms with Crippen molar-refractivity contribution in [2.24, 2.45) is 0 Å². The molecule has 0 aliphatic heterocycles. The molecule has 0 bridgehead atoms. The monoisotopic (exact) mass is 396 g/mol. The summed E-state index contributed by atoms with van der Waals surface area (Å²) in [4.78, 5) is 0. The van der Waals surface area contributed by atoms with Gasteiger partial charge in [0.15, 0.2) is 0 Å². The summed E-state index contributed by atoms with van der Waals surface area (Å²) in [5, 5.41) is 0. The van der Waals surface area contributed by atoms with Gasteiger partial charge in [-0.2, -0.15) is 12.6 Å². The van der Waals surface area contributed by atoms with E-state index in [4.69, 9.17) is 17.9 Å². The third-order valence-electron chi connectivity index (χ3n) is 2.73. The van der Waals surface area contributed by atoms with Gasteiger partial charge < -0.3 is 0 Å². The Bertz CT molecular complexity index is 336. The van der Waals surface area contributed by atoms with Crippen LogP contribution in [0.15, 0.2) is 0 Å². The first-order valence-electron chi connectivity index (χ1n) is 7.21. The van der Waals surface area contributed by atoms with Crippen molar-refractivity contribution in [3.63, 3.8) is 0 Å². The van der Waals surface area contributed by atoms with Gasteiger partial charge in [-0.15, -0.1) is 0 Å². The summed E-state index contributed by atoms with van der Waals surface area (Å²) < 4.78 is 55.8. The van der Waals surface area contributed by atoms with E-state index in [0.717, 1.165) is 12.8 Å². The summed E-state index contributed by atoms with van der Waals surface area (Å²) in [7, 11) is -4.23. The summed E-state index contributed by atoms with van der Waals surface area (Å²) in [6.07, 6.45) is 11.9. The van der Waals surface area contributed by atoms with Crippen LogP contribution < -0.4 is 0 Å². The van der Waals surface area contributed by atoms with E-state index in [1.165, 1.54) is 44.9 Å². The van der Waals surface area contributed by atoms with Crippen LogP contribution >= 0.6 is 0 Å². The van der Waals surface area contributed by atoms with Gasteiger partial charge in [0.05, 0.1) is 6.61 Å². The molecule has 0 atom stereocenters. The van der Waals surface area contributed by atoms with Crippen LogP contribution in [0.1, 0.15) is 71.1 Å². The molecule has 0 aromatic heterocycles. The molecule has 0 saturated heterocycles. The Balaban J connectivity index is -0.000000268. The Labute approximate surface area is 187 Å². The topological polar surface area (TPSA) is 121 Å². The number of rotatable bonds is 12. The summed E-state index contributed by atoms with van der Waals surface area (Å²) in [5.41, 5.74) is 0. The van der Waals surface area contributed by atoms with Gasteiger partial charge in [0.2, 0.25) is 0 Å². The van der Waals surface area contributed by atoms with Gasteiger partial charge in [0.1, 0.15) is 0 Å². The molecular weight excluding hydrogens is 366 g/mol. The van der Waals surface area contributed by atoms with Crippen molar-refractivity contribution in [3.05, 3.63) is 0 Å². The fourth-order valence-corrected chi connectivity index (χ4v) is 2.08. The predicted molar refractivity (Wildman–Crippen MR) is 97.0 cm³/mol. The summed E-state index contributed by atoms with van der Waals surface area (Å²) in [6.45, 7) is 2.31. The minimum absolute atomic E-state index is 0. The van der Waals surface area contributed by atoms with Crippen molar-refractivity contribution in [1.29, 1.82) is 0 Å². The molecule has 23 heavy (non-hydrogen) atoms. The molecule has 0 aliphatic rings. The van der Waals surface area contributed by atoms with Gasteiger partial charge in [-0.3, -0.25) is 13.7 Å². The molecule has 0 rings (SSSR count). The zero-order chi connectivity index (χ0) is 16.6. The van der Waals surface area contributed by atoms with Gasteiger partial charge >= 0.3 is 69.5 Å². The minimum atomic E-state index is -4.23. The Morgan fingerprint density at radius 2 is 1.13 bits per heavy atom. The van der Waals surface area contributed by atoms with Crippen LogP contribution in [0.4, 0.5) is 0 Å². The fourth-order valence-electron chi connectivity index (χ4n) is 1.75. The van der Waals surface area contributed by atoms with E-state index in [0.29, 0.717) is 6.42 Å². The molecule has 0 heterocycles. The molecule has 0 unspecified atom stereocenters. The van der Waals surface area contributed by atoms with E-state index in [1.54, 1.807) is 0 Å². The summed E-state index contributed by atoms with van der Waals surface area (Å²) in [6, 6.07) is 0. The average Bonchev–Trinajstić information content (AvgIpc) is 2.34. The zero-order valence-electron chi connectivity index (χ0n) is 12.6. The van der Waals surface area contributed by atoms with Crippen molar-refractivity contribution >= 4 is 80.9 Å². The first-order chi connectivity index (χ1) is 9.79. The maximum atomic E-state index is 10.2. The average molecular weight is 396 g/mol. The molecule has 0 amide bonds. The zero-order valence-corrected chi connectivity index (χ0v) is 14.2. The van der Waals surface area contributed by atoms with Gasteiger partial charge in [-0.1, -0.05) is 64.7 Å². The molecule has 11 heteroatoms. The first kappa shape index (κ1) is 32.6. The van der Waals surface area contributed by atoms with Crippen LogP contribution in [0, 0.1) is 0 Å². The Kier molecular flexibility index (Phi) is 33.9. The first-order valence-corrected chi connectivity index (χ1v) is 9.64. The molecule has 7 nitrogen and oxygen atoms in total. The maximum absolute atomic E-state index is 10.2. The van der Waals surface area contributed by atoms with Crippen LogP contribution in [-0.2, 0) is 25.9 Å². The quantitative estimate of drug-likeness (QED) is 0.200. The molecule has 0 fully saturated rings. The van der Waals surface area contributed by atoms with Crippen molar-refractivity contribution in [1.82, 2.24) is 0 Å². The Hall–Kier alpha value is 1.94. The van der Waals surface area contributed by atoms with E-state index < -0.39 is 21.8 Å². The molecule has 134 valence electrons. The second-order valence-corrected chi connectivity index (χ2v) is 6.22. The summed E-state index contributed by atoms with van der Waals surface area (Å²) in [5.74, 6) is 0. The van der Waals surface area contributed by atoms with E-state index in [1.807, 2.05) is 0 Å². The van der Waals surface area contributed by atoms with Crippen molar-refractivity contribution in [2.45, 2.75) is 71.1 Å². The van der Waals surface area contributed by atoms with Crippen LogP contribution in [0.3, 0.4) is 0 Å². The Morgan fingerprint density at radius 1 is 0.826 bits per heavy atom. The predicted octanol–water partition coefficient (Wildman–Crippen LogP) is 2.11. The van der Waals surface area contributed by atoms with E-state index >= 15 is 0 Å². The number of hydrogen-bond donors (Lipinski definition) is 3. The van der Waals surface area contributed by atoms with E-state index in [-0.39, 0.29) is 65.7 Å². The molecule has 3 N–H and O–H groups in total. The third kappa shape index (κ3) is 45.4. The van der Waals surface area contributed by atoms with Gasteiger partial charge in [0.25, 0.3) is 11.4 Å². The molecule has 0 aromatic carbocycles. The fraction of sp³-hybridized carbons (Fsp3) is 1.00. The van der Waals surface area contributed by atoms with Crippen LogP contribution in [0.5, 0.6) is 0 Å². The molecule has 0 spiro atoms. The SMILES string of the molecule is CCCCCCCCCCCCOS(=O)(=O)O.O=S(O)O.[NaH].[NaH].